The number of carbonyl (C=O) groups excluding carboxylic acids is 2. The second-order valence-electron chi connectivity index (χ2n) is 9.00. The molecule has 9 heteroatoms. The Morgan fingerprint density at radius 2 is 1.76 bits per heavy atom. The minimum Gasteiger partial charge on any atom is -0.466 e. The van der Waals surface area contributed by atoms with Gasteiger partial charge >= 0.3 is 5.97 Å². The summed E-state index contributed by atoms with van der Waals surface area (Å²) < 4.78 is 7.27. The Bertz CT molecular complexity index is 1550. The zero-order valence-corrected chi connectivity index (χ0v) is 22.2. The average Bonchev–Trinajstić information content (AvgIpc) is 3.36. The first-order valence-electron chi connectivity index (χ1n) is 12.1. The molecule has 0 bridgehead atoms. The second kappa shape index (κ2) is 9.82. The van der Waals surface area contributed by atoms with Gasteiger partial charge < -0.3 is 4.74 Å². The normalized spacial score (nSPS) is 14.4. The van der Waals surface area contributed by atoms with Crippen molar-refractivity contribution in [1.29, 1.82) is 0 Å². The Hall–Kier alpha value is -3.98. The number of nitrogens with zero attached hydrogens (tertiary/aromatic N) is 5. The molecule has 1 aliphatic rings. The number of aromatic nitrogens is 4. The highest BCUT2D eigenvalue weighted by Crippen LogP contribution is 2.39. The lowest BCUT2D eigenvalue weighted by Gasteiger charge is -2.12. The molecular weight excluding hydrogens is 486 g/mol. The number of aliphatic imine (C=N–C) groups is 1. The van der Waals surface area contributed by atoms with Gasteiger partial charge in [0.25, 0.3) is 0 Å². The van der Waals surface area contributed by atoms with Crippen molar-refractivity contribution in [2.45, 2.75) is 47.1 Å². The average molecular weight is 514 g/mol. The third-order valence-electron chi connectivity index (χ3n) is 6.54. The fourth-order valence-electron chi connectivity index (χ4n) is 4.51. The van der Waals surface area contributed by atoms with Gasteiger partial charge in [-0.3, -0.25) is 24.1 Å². The molecule has 0 aliphatic carbocycles. The molecule has 0 saturated heterocycles. The van der Waals surface area contributed by atoms with Gasteiger partial charge in [0.2, 0.25) is 0 Å². The topological polar surface area (TPSA) is 99.3 Å². The quantitative estimate of drug-likeness (QED) is 0.254. The van der Waals surface area contributed by atoms with Crippen molar-refractivity contribution in [3.63, 3.8) is 0 Å². The van der Waals surface area contributed by atoms with E-state index in [4.69, 9.17) is 9.73 Å². The molecule has 8 nitrogen and oxygen atoms in total. The van der Waals surface area contributed by atoms with E-state index in [9.17, 15) is 9.59 Å². The molecule has 1 aromatic carbocycles. The van der Waals surface area contributed by atoms with Crippen LogP contribution in [0.4, 0.5) is 0 Å². The van der Waals surface area contributed by atoms with Crippen molar-refractivity contribution < 1.29 is 14.3 Å². The maximum Gasteiger partial charge on any atom is 0.308 e. The van der Waals surface area contributed by atoms with Gasteiger partial charge in [0, 0.05) is 39.5 Å². The van der Waals surface area contributed by atoms with Crippen LogP contribution in [0.15, 0.2) is 47.7 Å². The van der Waals surface area contributed by atoms with Crippen molar-refractivity contribution in [3.8, 4) is 16.1 Å². The van der Waals surface area contributed by atoms with Crippen LogP contribution in [0.3, 0.4) is 0 Å². The molecule has 4 aromatic rings. The first kappa shape index (κ1) is 24.7. The van der Waals surface area contributed by atoms with Crippen LogP contribution < -0.4 is 0 Å². The number of hydrogen-bond acceptors (Lipinski definition) is 8. The fourth-order valence-corrected chi connectivity index (χ4v) is 5.73. The molecule has 0 fully saturated rings. The number of pyridine rings is 1. The van der Waals surface area contributed by atoms with Gasteiger partial charge in [0.05, 0.1) is 18.7 Å². The summed E-state index contributed by atoms with van der Waals surface area (Å²) >= 11 is 1.67. The van der Waals surface area contributed by atoms with E-state index in [0.29, 0.717) is 18.0 Å². The molecule has 188 valence electrons. The number of ketones is 1. The van der Waals surface area contributed by atoms with Gasteiger partial charge in [0.1, 0.15) is 16.9 Å². The number of esters is 1. The number of fused-ring (bicyclic) bond motifs is 3. The van der Waals surface area contributed by atoms with Crippen LogP contribution in [0.2, 0.25) is 0 Å². The zero-order valence-electron chi connectivity index (χ0n) is 21.4. The molecule has 0 spiro atoms. The molecule has 0 amide bonds. The molecule has 0 radical (unpaired) electrons. The smallest absolute Gasteiger partial charge is 0.308 e. The van der Waals surface area contributed by atoms with Gasteiger partial charge in [0.15, 0.2) is 11.6 Å². The SMILES string of the molecule is CCOC(=O)C[C@@H]1N=C(c2ccc(-c3cncc(C(C)=O)c3)cc2)c2c(sc(C)c2C)-n2c(C)nnc21. The van der Waals surface area contributed by atoms with Crippen LogP contribution in [0.5, 0.6) is 0 Å². The van der Waals surface area contributed by atoms with Crippen LogP contribution in [-0.2, 0) is 9.53 Å². The van der Waals surface area contributed by atoms with Gasteiger partial charge in [-0.2, -0.15) is 0 Å². The predicted molar refractivity (Wildman–Crippen MR) is 143 cm³/mol. The second-order valence-corrected chi connectivity index (χ2v) is 10.2. The van der Waals surface area contributed by atoms with E-state index in [1.165, 1.54) is 11.8 Å². The molecule has 5 rings (SSSR count). The van der Waals surface area contributed by atoms with Crippen LogP contribution in [0.1, 0.15) is 69.9 Å². The molecule has 1 atom stereocenters. The summed E-state index contributed by atoms with van der Waals surface area (Å²) in [5.74, 6) is 1.03. The van der Waals surface area contributed by atoms with E-state index in [2.05, 4.69) is 29.0 Å². The van der Waals surface area contributed by atoms with E-state index in [1.807, 2.05) is 41.8 Å². The van der Waals surface area contributed by atoms with E-state index in [0.717, 1.165) is 44.4 Å². The van der Waals surface area contributed by atoms with E-state index in [1.54, 1.807) is 30.7 Å². The molecule has 0 unspecified atom stereocenters. The Kier molecular flexibility index (Phi) is 6.55. The first-order valence-corrected chi connectivity index (χ1v) is 12.9. The minimum atomic E-state index is -0.536. The van der Waals surface area contributed by atoms with Gasteiger partial charge in [-0.25, -0.2) is 0 Å². The number of carbonyl (C=O) groups is 2. The lowest BCUT2D eigenvalue weighted by Crippen LogP contribution is -2.13. The Balaban J connectivity index is 1.64. The number of benzene rings is 1. The van der Waals surface area contributed by atoms with Gasteiger partial charge in [-0.15, -0.1) is 21.5 Å². The first-order chi connectivity index (χ1) is 17.8. The lowest BCUT2D eigenvalue weighted by atomic mass is 9.97. The minimum absolute atomic E-state index is 0.0236. The summed E-state index contributed by atoms with van der Waals surface area (Å²) in [7, 11) is 0. The highest BCUT2D eigenvalue weighted by Gasteiger charge is 2.32. The van der Waals surface area contributed by atoms with Crippen LogP contribution in [0.25, 0.3) is 16.1 Å². The number of Topliss-reactive ketones (excluding diaryl/α,β-unsaturated/α-hetero) is 1. The molecule has 37 heavy (non-hydrogen) atoms. The van der Waals surface area contributed by atoms with Crippen LogP contribution >= 0.6 is 11.3 Å². The molecule has 4 heterocycles. The maximum atomic E-state index is 12.5. The summed E-state index contributed by atoms with van der Waals surface area (Å²) in [6.07, 6.45) is 3.40. The van der Waals surface area contributed by atoms with Crippen molar-refractivity contribution in [1.82, 2.24) is 19.7 Å². The molecule has 0 N–H and O–H groups in total. The zero-order chi connectivity index (χ0) is 26.3. The van der Waals surface area contributed by atoms with Gasteiger partial charge in [-0.1, -0.05) is 24.3 Å². The number of aryl methyl sites for hydroxylation is 2. The molecule has 0 saturated carbocycles. The fraction of sp³-hybridized carbons (Fsp3) is 0.286. The summed E-state index contributed by atoms with van der Waals surface area (Å²) in [6.45, 7) is 9.74. The third kappa shape index (κ3) is 4.51. The Morgan fingerprint density at radius 3 is 2.46 bits per heavy atom. The summed E-state index contributed by atoms with van der Waals surface area (Å²) in [4.78, 5) is 34.9. The van der Waals surface area contributed by atoms with E-state index < -0.39 is 6.04 Å². The van der Waals surface area contributed by atoms with E-state index in [-0.39, 0.29) is 18.2 Å². The predicted octanol–water partition coefficient (Wildman–Crippen LogP) is 5.36. The number of hydrogen-bond donors (Lipinski definition) is 0. The Labute approximate surface area is 219 Å². The Morgan fingerprint density at radius 1 is 1.03 bits per heavy atom. The number of rotatable bonds is 6. The van der Waals surface area contributed by atoms with Crippen molar-refractivity contribution in [3.05, 3.63) is 81.5 Å². The lowest BCUT2D eigenvalue weighted by molar-refractivity contribution is -0.143. The van der Waals surface area contributed by atoms with Crippen LogP contribution in [-0.4, -0.2) is 43.8 Å². The highest BCUT2D eigenvalue weighted by molar-refractivity contribution is 7.15. The monoisotopic (exact) mass is 513 g/mol. The van der Waals surface area contributed by atoms with Crippen molar-refractivity contribution in [2.24, 2.45) is 4.99 Å². The number of ether oxygens (including phenoxy) is 1. The summed E-state index contributed by atoms with van der Waals surface area (Å²) in [6, 6.07) is 9.36. The van der Waals surface area contributed by atoms with Gasteiger partial charge in [-0.05, 0) is 51.8 Å². The van der Waals surface area contributed by atoms with Crippen LogP contribution in [0, 0.1) is 20.8 Å². The number of thiophene rings is 1. The van der Waals surface area contributed by atoms with Crippen molar-refractivity contribution >= 4 is 28.8 Å². The molecular formula is C28H27N5O3S. The largest absolute Gasteiger partial charge is 0.466 e. The summed E-state index contributed by atoms with van der Waals surface area (Å²) in [5.41, 5.74) is 6.27. The third-order valence-corrected chi connectivity index (χ3v) is 7.73. The van der Waals surface area contributed by atoms with Crippen molar-refractivity contribution in [2.75, 3.05) is 6.61 Å². The summed E-state index contributed by atoms with van der Waals surface area (Å²) in [5, 5.41) is 9.74. The standard InChI is InChI=1S/C28H27N5O3S/c1-6-36-24(35)12-23-27-32-31-18(5)33(27)28-25(15(2)17(4)37-28)26(30-23)20-9-7-19(8-10-20)22-11-21(16(3)34)13-29-14-22/h7-11,13-14,23H,6,12H2,1-5H3/t23-/m0/s1. The molecule has 1 aliphatic heterocycles. The van der Waals surface area contributed by atoms with E-state index >= 15 is 0 Å². The molecule has 3 aromatic heterocycles. The highest BCUT2D eigenvalue weighted by atomic mass is 32.1. The maximum absolute atomic E-state index is 12.5.